The molecule has 0 saturated carbocycles. The number of hydrogen-bond donors (Lipinski definition) is 0. The molecule has 1 aromatic carbocycles. The quantitative estimate of drug-likeness (QED) is 0.745. The summed E-state index contributed by atoms with van der Waals surface area (Å²) in [4.78, 5) is 14.2. The summed E-state index contributed by atoms with van der Waals surface area (Å²) in [6.45, 7) is 8.34. The smallest absolute Gasteiger partial charge is 0.255 e. The van der Waals surface area contributed by atoms with Gasteiger partial charge in [0, 0.05) is 27.2 Å². The van der Waals surface area contributed by atoms with Crippen LogP contribution in [0, 0.1) is 0 Å². The monoisotopic (exact) mass is 344 g/mol. The lowest BCUT2D eigenvalue weighted by Gasteiger charge is -2.22. The van der Waals surface area contributed by atoms with Crippen LogP contribution in [-0.2, 0) is 10.0 Å². The zero-order chi connectivity index (χ0) is 17.1. The van der Waals surface area contributed by atoms with E-state index in [0.717, 1.165) is 9.88 Å². The number of likely N-dealkylation sites (N-methyl/N-ethyl adjacent to an activating group) is 1. The van der Waals surface area contributed by atoms with E-state index in [-0.39, 0.29) is 21.4 Å². The third-order valence-electron chi connectivity index (χ3n) is 3.08. The van der Waals surface area contributed by atoms with Gasteiger partial charge in [-0.3, -0.25) is 4.79 Å². The van der Waals surface area contributed by atoms with Crippen molar-refractivity contribution in [1.82, 2.24) is 9.21 Å². The molecule has 0 radical (unpaired) electrons. The molecule has 0 bridgehead atoms. The van der Waals surface area contributed by atoms with Gasteiger partial charge in [0.1, 0.15) is 0 Å². The van der Waals surface area contributed by atoms with Gasteiger partial charge < -0.3 is 4.90 Å². The van der Waals surface area contributed by atoms with Gasteiger partial charge in [0.05, 0.1) is 15.5 Å². The molecule has 0 spiro atoms. The number of benzene rings is 1. The molecule has 122 valence electrons. The molecule has 0 aliphatic heterocycles. The van der Waals surface area contributed by atoms with Crippen LogP contribution in [0.25, 0.3) is 0 Å². The molecule has 0 aromatic heterocycles. The summed E-state index contributed by atoms with van der Waals surface area (Å²) in [5, 5.41) is 0.225. The average molecular weight is 345 g/mol. The third kappa shape index (κ3) is 4.09. The molecular formula is C15H21ClN2O3S. The van der Waals surface area contributed by atoms with Gasteiger partial charge in [-0.05, 0) is 32.0 Å². The van der Waals surface area contributed by atoms with Gasteiger partial charge in [-0.15, -0.1) is 0 Å². The summed E-state index contributed by atoms with van der Waals surface area (Å²) in [5.74, 6) is -0.314. The molecule has 0 unspecified atom stereocenters. The second-order valence-electron chi connectivity index (χ2n) is 5.21. The summed E-state index contributed by atoms with van der Waals surface area (Å²) >= 11 is 6.08. The Morgan fingerprint density at radius 2 is 1.91 bits per heavy atom. The predicted molar refractivity (Wildman–Crippen MR) is 88.7 cm³/mol. The van der Waals surface area contributed by atoms with Crippen LogP contribution in [0.1, 0.15) is 24.2 Å². The van der Waals surface area contributed by atoms with Gasteiger partial charge in [0.15, 0.2) is 0 Å². The van der Waals surface area contributed by atoms with E-state index >= 15 is 0 Å². The van der Waals surface area contributed by atoms with E-state index in [0.29, 0.717) is 13.1 Å². The molecule has 0 fully saturated rings. The fraction of sp³-hybridized carbons (Fsp3) is 0.400. The topological polar surface area (TPSA) is 57.7 Å². The maximum Gasteiger partial charge on any atom is 0.255 e. The summed E-state index contributed by atoms with van der Waals surface area (Å²) in [5.41, 5.74) is 1.01. The summed E-state index contributed by atoms with van der Waals surface area (Å²) < 4.78 is 25.5. The minimum absolute atomic E-state index is 0.0385. The van der Waals surface area contributed by atoms with Gasteiger partial charge in [0.2, 0.25) is 10.0 Å². The lowest BCUT2D eigenvalue weighted by molar-refractivity contribution is 0.0778. The van der Waals surface area contributed by atoms with E-state index in [9.17, 15) is 13.2 Å². The third-order valence-corrected chi connectivity index (χ3v) is 5.22. The second kappa shape index (κ2) is 7.26. The Bertz CT molecular complexity index is 684. The van der Waals surface area contributed by atoms with Crippen molar-refractivity contribution in [2.45, 2.75) is 18.7 Å². The van der Waals surface area contributed by atoms with E-state index in [1.54, 1.807) is 4.90 Å². The Morgan fingerprint density at radius 3 is 2.36 bits per heavy atom. The van der Waals surface area contributed by atoms with Gasteiger partial charge in [-0.1, -0.05) is 23.8 Å². The van der Waals surface area contributed by atoms with E-state index in [2.05, 4.69) is 6.58 Å². The van der Waals surface area contributed by atoms with Crippen molar-refractivity contribution in [1.29, 1.82) is 0 Å². The highest BCUT2D eigenvalue weighted by atomic mass is 35.5. The van der Waals surface area contributed by atoms with Crippen molar-refractivity contribution < 1.29 is 13.2 Å². The lowest BCUT2D eigenvalue weighted by atomic mass is 10.2. The first-order valence-corrected chi connectivity index (χ1v) is 8.58. The normalized spacial score (nSPS) is 11.5. The highest BCUT2D eigenvalue weighted by Gasteiger charge is 2.23. The number of hydrogen-bond acceptors (Lipinski definition) is 3. The van der Waals surface area contributed by atoms with E-state index in [4.69, 9.17) is 11.6 Å². The fourth-order valence-corrected chi connectivity index (χ4v) is 2.99. The SMILES string of the molecule is C=C(C)CN(CC)C(=O)c1cc(S(=O)(=O)N(C)C)ccc1Cl. The lowest BCUT2D eigenvalue weighted by Crippen LogP contribution is -2.32. The fourth-order valence-electron chi connectivity index (χ4n) is 1.86. The van der Waals surface area contributed by atoms with Crippen molar-refractivity contribution in [3.63, 3.8) is 0 Å². The van der Waals surface area contributed by atoms with Crippen LogP contribution in [-0.4, -0.2) is 50.7 Å². The Kier molecular flexibility index (Phi) is 6.17. The maximum atomic E-state index is 12.6. The Balaban J connectivity index is 3.30. The van der Waals surface area contributed by atoms with E-state index in [1.807, 2.05) is 13.8 Å². The number of amides is 1. The molecular weight excluding hydrogens is 324 g/mol. The van der Waals surface area contributed by atoms with Crippen LogP contribution in [0.3, 0.4) is 0 Å². The minimum atomic E-state index is -3.62. The first kappa shape index (κ1) is 18.7. The zero-order valence-electron chi connectivity index (χ0n) is 13.3. The van der Waals surface area contributed by atoms with Crippen LogP contribution in [0.2, 0.25) is 5.02 Å². The van der Waals surface area contributed by atoms with E-state index < -0.39 is 10.0 Å². The molecule has 0 aliphatic carbocycles. The molecule has 0 N–H and O–H groups in total. The van der Waals surface area contributed by atoms with Crippen molar-refractivity contribution >= 4 is 27.5 Å². The average Bonchev–Trinajstić information content (AvgIpc) is 2.43. The Labute approximate surface area is 137 Å². The molecule has 1 rings (SSSR count). The zero-order valence-corrected chi connectivity index (χ0v) is 14.8. The van der Waals surface area contributed by atoms with Crippen molar-refractivity contribution in [3.8, 4) is 0 Å². The van der Waals surface area contributed by atoms with Gasteiger partial charge in [-0.25, -0.2) is 12.7 Å². The summed E-state index contributed by atoms with van der Waals surface area (Å²) in [6, 6.07) is 4.14. The van der Waals surface area contributed by atoms with Gasteiger partial charge >= 0.3 is 0 Å². The molecule has 0 aliphatic rings. The van der Waals surface area contributed by atoms with Crippen LogP contribution < -0.4 is 0 Å². The Hall–Kier alpha value is -1.37. The number of nitrogens with zero attached hydrogens (tertiary/aromatic N) is 2. The maximum absolute atomic E-state index is 12.6. The number of halogens is 1. The number of sulfonamides is 1. The van der Waals surface area contributed by atoms with Crippen molar-refractivity contribution in [3.05, 3.63) is 40.9 Å². The summed E-state index contributed by atoms with van der Waals surface area (Å²) in [6.07, 6.45) is 0. The van der Waals surface area contributed by atoms with Crippen LogP contribution in [0.5, 0.6) is 0 Å². The molecule has 22 heavy (non-hydrogen) atoms. The standard InChI is InChI=1S/C15H21ClN2O3S/c1-6-18(10-11(2)3)15(19)13-9-12(7-8-14(13)16)22(20,21)17(4)5/h7-9H,2,6,10H2,1,3-5H3. The number of carbonyl (C=O) groups is 1. The predicted octanol–water partition coefficient (Wildman–Crippen LogP) is 2.63. The molecule has 0 heterocycles. The van der Waals surface area contributed by atoms with Gasteiger partial charge in [0.25, 0.3) is 5.91 Å². The number of carbonyl (C=O) groups excluding carboxylic acids is 1. The molecule has 7 heteroatoms. The summed E-state index contributed by atoms with van der Waals surface area (Å²) in [7, 11) is -0.748. The molecule has 5 nitrogen and oxygen atoms in total. The van der Waals surface area contributed by atoms with Crippen molar-refractivity contribution in [2.75, 3.05) is 27.2 Å². The largest absolute Gasteiger partial charge is 0.335 e. The van der Waals surface area contributed by atoms with E-state index in [1.165, 1.54) is 32.3 Å². The molecule has 0 atom stereocenters. The van der Waals surface area contributed by atoms with Crippen LogP contribution in [0.4, 0.5) is 0 Å². The highest BCUT2D eigenvalue weighted by molar-refractivity contribution is 7.89. The molecule has 0 saturated heterocycles. The first-order chi connectivity index (χ1) is 10.1. The second-order valence-corrected chi connectivity index (χ2v) is 7.76. The molecule has 1 aromatic rings. The number of rotatable bonds is 6. The van der Waals surface area contributed by atoms with Crippen molar-refractivity contribution in [2.24, 2.45) is 0 Å². The van der Waals surface area contributed by atoms with Gasteiger partial charge in [-0.2, -0.15) is 0 Å². The van der Waals surface area contributed by atoms with Crippen LogP contribution >= 0.6 is 11.6 Å². The Morgan fingerprint density at radius 1 is 1.32 bits per heavy atom. The minimum Gasteiger partial charge on any atom is -0.335 e. The molecule has 1 amide bonds. The first-order valence-electron chi connectivity index (χ1n) is 6.77. The highest BCUT2D eigenvalue weighted by Crippen LogP contribution is 2.23. The van der Waals surface area contributed by atoms with Crippen LogP contribution in [0.15, 0.2) is 35.2 Å².